The highest BCUT2D eigenvalue weighted by molar-refractivity contribution is 5.90. The summed E-state index contributed by atoms with van der Waals surface area (Å²) >= 11 is 0. The van der Waals surface area contributed by atoms with Crippen LogP contribution in [0, 0.1) is 5.41 Å². The number of amides is 1. The number of aliphatic carboxylic acids is 1. The lowest BCUT2D eigenvalue weighted by molar-refractivity contribution is -0.153. The molecule has 0 aromatic heterocycles. The van der Waals surface area contributed by atoms with E-state index in [0.717, 1.165) is 22.8 Å². The van der Waals surface area contributed by atoms with Crippen molar-refractivity contribution < 1.29 is 14.7 Å². The summed E-state index contributed by atoms with van der Waals surface area (Å²) in [5, 5.41) is 11.6. The van der Waals surface area contributed by atoms with E-state index >= 15 is 0 Å². The van der Waals surface area contributed by atoms with Gasteiger partial charge in [-0.2, -0.15) is 0 Å². The van der Waals surface area contributed by atoms with E-state index in [2.05, 4.69) is 0 Å². The molecule has 1 saturated heterocycles. The Morgan fingerprint density at radius 2 is 1.91 bits per heavy atom. The van der Waals surface area contributed by atoms with E-state index < -0.39 is 11.4 Å². The summed E-state index contributed by atoms with van der Waals surface area (Å²) in [6.07, 6.45) is 1.68. The van der Waals surface area contributed by atoms with Crippen molar-refractivity contribution in [3.63, 3.8) is 0 Å². The lowest BCUT2D eigenvalue weighted by Gasteiger charge is -2.37. The third-order valence-electron chi connectivity index (χ3n) is 4.79. The molecule has 1 aliphatic rings. The number of nitrogens with zero attached hydrogens (tertiary/aromatic N) is 1. The first kappa shape index (κ1) is 15.5. The fourth-order valence-corrected chi connectivity index (χ4v) is 3.35. The van der Waals surface area contributed by atoms with E-state index in [9.17, 15) is 14.7 Å². The predicted molar refractivity (Wildman–Crippen MR) is 89.2 cm³/mol. The standard InChI is InChI=1S/C19H21NO3/c1-19(18(22)23)10-5-11-20(13-19)17(21)12-15-8-4-7-14-6-2-3-9-16(14)15/h2-4,6-9H,5,10-13H2,1H3,(H,22,23). The molecule has 120 valence electrons. The molecule has 2 aromatic rings. The Bertz CT molecular complexity index is 750. The maximum Gasteiger partial charge on any atom is 0.311 e. The van der Waals surface area contributed by atoms with Crippen molar-refractivity contribution in [1.29, 1.82) is 0 Å². The molecule has 1 fully saturated rings. The second kappa shape index (κ2) is 6.03. The Morgan fingerprint density at radius 3 is 2.70 bits per heavy atom. The molecule has 1 atom stereocenters. The minimum atomic E-state index is -0.827. The molecular formula is C19H21NO3. The largest absolute Gasteiger partial charge is 0.481 e. The summed E-state index contributed by atoms with van der Waals surface area (Å²) in [4.78, 5) is 25.8. The van der Waals surface area contributed by atoms with E-state index in [4.69, 9.17) is 0 Å². The summed E-state index contributed by atoms with van der Waals surface area (Å²) in [5.41, 5.74) is 0.169. The van der Waals surface area contributed by atoms with Gasteiger partial charge in [-0.05, 0) is 36.1 Å². The normalized spacial score (nSPS) is 21.3. The van der Waals surface area contributed by atoms with Crippen LogP contribution in [0.15, 0.2) is 42.5 Å². The maximum atomic E-state index is 12.7. The smallest absolute Gasteiger partial charge is 0.311 e. The topological polar surface area (TPSA) is 57.6 Å². The van der Waals surface area contributed by atoms with Crippen molar-refractivity contribution >= 4 is 22.6 Å². The highest BCUT2D eigenvalue weighted by Crippen LogP contribution is 2.30. The summed E-state index contributed by atoms with van der Waals surface area (Å²) in [6, 6.07) is 14.0. The number of hydrogen-bond acceptors (Lipinski definition) is 2. The van der Waals surface area contributed by atoms with E-state index in [0.29, 0.717) is 25.9 Å². The lowest BCUT2D eigenvalue weighted by Crippen LogP contribution is -2.48. The van der Waals surface area contributed by atoms with Gasteiger partial charge in [-0.1, -0.05) is 42.5 Å². The number of piperidine rings is 1. The second-order valence-corrected chi connectivity index (χ2v) is 6.60. The molecule has 0 radical (unpaired) electrons. The fourth-order valence-electron chi connectivity index (χ4n) is 3.35. The van der Waals surface area contributed by atoms with Crippen LogP contribution in [0.1, 0.15) is 25.3 Å². The lowest BCUT2D eigenvalue weighted by atomic mass is 9.82. The molecule has 2 aromatic carbocycles. The van der Waals surface area contributed by atoms with Crippen molar-refractivity contribution in [1.82, 2.24) is 4.90 Å². The second-order valence-electron chi connectivity index (χ2n) is 6.60. The van der Waals surface area contributed by atoms with Crippen LogP contribution < -0.4 is 0 Å². The van der Waals surface area contributed by atoms with Gasteiger partial charge in [0.25, 0.3) is 0 Å². The van der Waals surface area contributed by atoms with Gasteiger partial charge in [0, 0.05) is 13.1 Å². The number of carboxylic acids is 1. The SMILES string of the molecule is CC1(C(=O)O)CCCN(C(=O)Cc2cccc3ccccc23)C1. The van der Waals surface area contributed by atoms with Crippen molar-refractivity contribution in [3.05, 3.63) is 48.0 Å². The summed E-state index contributed by atoms with van der Waals surface area (Å²) in [6.45, 7) is 2.67. The fraction of sp³-hybridized carbons (Fsp3) is 0.368. The van der Waals surface area contributed by atoms with Crippen molar-refractivity contribution in [3.8, 4) is 0 Å². The van der Waals surface area contributed by atoms with Gasteiger partial charge < -0.3 is 10.0 Å². The zero-order valence-corrected chi connectivity index (χ0v) is 13.3. The van der Waals surface area contributed by atoms with E-state index in [1.54, 1.807) is 11.8 Å². The number of carboxylic acid groups (broad SMARTS) is 1. The molecule has 4 nitrogen and oxygen atoms in total. The van der Waals surface area contributed by atoms with Crippen LogP contribution in [-0.4, -0.2) is 35.0 Å². The number of carbonyl (C=O) groups excluding carboxylic acids is 1. The molecule has 0 aliphatic carbocycles. The number of likely N-dealkylation sites (tertiary alicyclic amines) is 1. The molecular weight excluding hydrogens is 290 g/mol. The molecule has 1 heterocycles. The maximum absolute atomic E-state index is 12.7. The van der Waals surface area contributed by atoms with E-state index in [1.807, 2.05) is 42.5 Å². The first-order valence-electron chi connectivity index (χ1n) is 7.97. The minimum Gasteiger partial charge on any atom is -0.481 e. The Hall–Kier alpha value is -2.36. The molecule has 0 saturated carbocycles. The summed E-state index contributed by atoms with van der Waals surface area (Å²) in [5.74, 6) is -0.811. The molecule has 3 rings (SSSR count). The first-order chi connectivity index (χ1) is 11.0. The Labute approximate surface area is 135 Å². The van der Waals surface area contributed by atoms with Crippen molar-refractivity contribution in [2.24, 2.45) is 5.41 Å². The number of carbonyl (C=O) groups is 2. The highest BCUT2D eigenvalue weighted by atomic mass is 16.4. The third-order valence-corrected chi connectivity index (χ3v) is 4.79. The molecule has 23 heavy (non-hydrogen) atoms. The monoisotopic (exact) mass is 311 g/mol. The van der Waals surface area contributed by atoms with Gasteiger partial charge in [-0.3, -0.25) is 9.59 Å². The molecule has 0 bridgehead atoms. The van der Waals surface area contributed by atoms with E-state index in [1.165, 1.54) is 0 Å². The Balaban J connectivity index is 1.80. The molecule has 1 N–H and O–H groups in total. The number of fused-ring (bicyclic) bond motifs is 1. The van der Waals surface area contributed by atoms with Gasteiger partial charge in [0.2, 0.25) is 5.91 Å². The Morgan fingerprint density at radius 1 is 1.17 bits per heavy atom. The third kappa shape index (κ3) is 3.07. The Kier molecular flexibility index (Phi) is 4.07. The average Bonchev–Trinajstić information content (AvgIpc) is 2.55. The first-order valence-corrected chi connectivity index (χ1v) is 7.97. The van der Waals surface area contributed by atoms with Gasteiger partial charge in [0.1, 0.15) is 0 Å². The van der Waals surface area contributed by atoms with Gasteiger partial charge in [-0.25, -0.2) is 0 Å². The number of rotatable bonds is 3. The van der Waals surface area contributed by atoms with Crippen LogP contribution in [0.25, 0.3) is 10.8 Å². The molecule has 4 heteroatoms. The van der Waals surface area contributed by atoms with Gasteiger partial charge in [0.15, 0.2) is 0 Å². The zero-order valence-electron chi connectivity index (χ0n) is 13.3. The zero-order chi connectivity index (χ0) is 16.4. The quantitative estimate of drug-likeness (QED) is 0.947. The highest BCUT2D eigenvalue weighted by Gasteiger charge is 2.39. The summed E-state index contributed by atoms with van der Waals surface area (Å²) in [7, 11) is 0. The molecule has 1 aliphatic heterocycles. The molecule has 1 unspecified atom stereocenters. The molecule has 1 amide bonds. The van der Waals surface area contributed by atoms with Gasteiger partial charge >= 0.3 is 5.97 Å². The number of benzene rings is 2. The van der Waals surface area contributed by atoms with Crippen molar-refractivity contribution in [2.45, 2.75) is 26.2 Å². The van der Waals surface area contributed by atoms with Crippen LogP contribution in [-0.2, 0) is 16.0 Å². The van der Waals surface area contributed by atoms with Crippen LogP contribution in [0.4, 0.5) is 0 Å². The predicted octanol–water partition coefficient (Wildman–Crippen LogP) is 3.10. The van der Waals surface area contributed by atoms with Crippen LogP contribution >= 0.6 is 0 Å². The average molecular weight is 311 g/mol. The van der Waals surface area contributed by atoms with Gasteiger partial charge in [-0.15, -0.1) is 0 Å². The van der Waals surface area contributed by atoms with E-state index in [-0.39, 0.29) is 5.91 Å². The van der Waals surface area contributed by atoms with Crippen LogP contribution in [0.2, 0.25) is 0 Å². The minimum absolute atomic E-state index is 0.00790. The molecule has 0 spiro atoms. The van der Waals surface area contributed by atoms with Crippen LogP contribution in [0.5, 0.6) is 0 Å². The van der Waals surface area contributed by atoms with Crippen molar-refractivity contribution in [2.75, 3.05) is 13.1 Å². The summed E-state index contributed by atoms with van der Waals surface area (Å²) < 4.78 is 0. The van der Waals surface area contributed by atoms with Gasteiger partial charge in [0.05, 0.1) is 11.8 Å². The number of hydrogen-bond donors (Lipinski definition) is 1. The van der Waals surface area contributed by atoms with Crippen LogP contribution in [0.3, 0.4) is 0 Å².